The van der Waals surface area contributed by atoms with Crippen molar-refractivity contribution in [3.05, 3.63) is 38.7 Å². The highest BCUT2D eigenvalue weighted by Crippen LogP contribution is 2.42. The molecule has 0 aliphatic carbocycles. The zero-order valence-corrected chi connectivity index (χ0v) is 20.5. The number of hydrogen-bond donors (Lipinski definition) is 2. The summed E-state index contributed by atoms with van der Waals surface area (Å²) in [6.07, 6.45) is 1.85. The Labute approximate surface area is 199 Å². The highest BCUT2D eigenvalue weighted by molar-refractivity contribution is 8.02. The van der Waals surface area contributed by atoms with E-state index in [1.165, 1.54) is 62.9 Å². The van der Waals surface area contributed by atoms with Crippen LogP contribution in [0.4, 0.5) is 0 Å². The summed E-state index contributed by atoms with van der Waals surface area (Å²) in [6, 6.07) is 1.17. The predicted molar refractivity (Wildman–Crippen MR) is 126 cm³/mol. The van der Waals surface area contributed by atoms with E-state index in [1.807, 2.05) is 30.0 Å². The molecule has 2 aromatic heterocycles. The number of aryl methyl sites for hydroxylation is 1. The molecule has 1 fully saturated rings. The Morgan fingerprint density at radius 3 is 2.84 bits per heavy atom. The van der Waals surface area contributed by atoms with Gasteiger partial charge in [-0.15, -0.1) is 33.7 Å². The van der Waals surface area contributed by atoms with Gasteiger partial charge in [0.1, 0.15) is 27.4 Å². The molecule has 2 aliphatic rings. The summed E-state index contributed by atoms with van der Waals surface area (Å²) in [7, 11) is 0. The van der Waals surface area contributed by atoms with Crippen molar-refractivity contribution in [1.82, 2.24) is 20.4 Å². The maximum atomic E-state index is 12.8. The second kappa shape index (κ2) is 9.53. The van der Waals surface area contributed by atoms with Crippen molar-refractivity contribution < 1.29 is 19.5 Å². The lowest BCUT2D eigenvalue weighted by Gasteiger charge is -2.49. The molecule has 0 bridgehead atoms. The second-order valence-corrected chi connectivity index (χ2v) is 11.9. The number of carbonyl (C=O) groups excluding carboxylic acids is 2. The van der Waals surface area contributed by atoms with E-state index in [9.17, 15) is 19.5 Å². The lowest BCUT2D eigenvalue weighted by Crippen LogP contribution is -2.70. The number of carboxylic acid groups (broad SMARTS) is 1. The molecule has 0 spiro atoms. The van der Waals surface area contributed by atoms with Crippen LogP contribution >= 0.6 is 58.0 Å². The first-order valence-electron chi connectivity index (χ1n) is 9.09. The fourth-order valence-electron chi connectivity index (χ4n) is 3.33. The first kappa shape index (κ1) is 22.6. The number of aliphatic carboxylic acids is 1. The number of amides is 2. The standard InChI is InChI=1S/C18H18N4O4S5/c1-8-20-21-18(31-8)30-7-10-6-29-16-11(15(24)22(16)12(10)17(25)26)19-14(23)13(27-2)9-3-4-28-5-9/h3-5,11,13,16H,6-7H2,1-2H3,(H,19,23)(H,25,26)/t11?,13?,16-/m1/s1. The van der Waals surface area contributed by atoms with Gasteiger partial charge in [0.2, 0.25) is 5.91 Å². The SMILES string of the molecule is CSC(C(=O)NC1C(=O)N2C(C(=O)O)=C(CSc3nnc(C)s3)CS[C@H]12)c1ccsc1. The number of carboxylic acids is 1. The molecule has 164 valence electrons. The summed E-state index contributed by atoms with van der Waals surface area (Å²) in [4.78, 5) is 38.9. The number of thiophene rings is 1. The Morgan fingerprint density at radius 1 is 1.42 bits per heavy atom. The van der Waals surface area contributed by atoms with Gasteiger partial charge in [0.05, 0.1) is 0 Å². The van der Waals surface area contributed by atoms with E-state index in [0.29, 0.717) is 17.1 Å². The number of β-lactam (4-membered cyclic amide) rings is 1. The lowest BCUT2D eigenvalue weighted by molar-refractivity contribution is -0.150. The van der Waals surface area contributed by atoms with Crippen LogP contribution in [0.15, 0.2) is 32.4 Å². The molecular weight excluding hydrogens is 497 g/mol. The van der Waals surface area contributed by atoms with Crippen LogP contribution in [-0.2, 0) is 14.4 Å². The first-order chi connectivity index (χ1) is 14.9. The van der Waals surface area contributed by atoms with Crippen molar-refractivity contribution in [3.63, 3.8) is 0 Å². The molecule has 2 N–H and O–H groups in total. The second-order valence-electron chi connectivity index (χ2n) is 6.70. The zero-order valence-electron chi connectivity index (χ0n) is 16.4. The minimum Gasteiger partial charge on any atom is -0.477 e. The maximum Gasteiger partial charge on any atom is 0.352 e. The minimum atomic E-state index is -1.13. The van der Waals surface area contributed by atoms with Crippen LogP contribution in [0.25, 0.3) is 0 Å². The van der Waals surface area contributed by atoms with E-state index >= 15 is 0 Å². The zero-order chi connectivity index (χ0) is 22.1. The number of fused-ring (bicyclic) bond motifs is 1. The Bertz CT molecular complexity index is 1040. The molecule has 4 heterocycles. The van der Waals surface area contributed by atoms with E-state index in [4.69, 9.17) is 0 Å². The lowest BCUT2D eigenvalue weighted by atomic mass is 10.0. The van der Waals surface area contributed by atoms with Crippen molar-refractivity contribution in [1.29, 1.82) is 0 Å². The van der Waals surface area contributed by atoms with Gasteiger partial charge in [-0.3, -0.25) is 14.5 Å². The van der Waals surface area contributed by atoms with Crippen molar-refractivity contribution >= 4 is 75.7 Å². The number of nitrogens with one attached hydrogen (secondary N) is 1. The molecule has 0 saturated carbocycles. The van der Waals surface area contributed by atoms with Crippen molar-refractivity contribution in [2.24, 2.45) is 0 Å². The average molecular weight is 515 g/mol. The van der Waals surface area contributed by atoms with Gasteiger partial charge in [-0.2, -0.15) is 11.3 Å². The normalized spacial score (nSPS) is 21.5. The monoisotopic (exact) mass is 514 g/mol. The highest BCUT2D eigenvalue weighted by atomic mass is 32.2. The van der Waals surface area contributed by atoms with Crippen molar-refractivity contribution in [2.45, 2.75) is 27.9 Å². The van der Waals surface area contributed by atoms with E-state index in [-0.39, 0.29) is 17.5 Å². The molecule has 2 unspecified atom stereocenters. The summed E-state index contributed by atoms with van der Waals surface area (Å²) in [5.74, 6) is -0.860. The smallest absolute Gasteiger partial charge is 0.352 e. The van der Waals surface area contributed by atoms with Crippen LogP contribution < -0.4 is 5.32 Å². The van der Waals surface area contributed by atoms with E-state index in [0.717, 1.165) is 14.9 Å². The quantitative estimate of drug-likeness (QED) is 0.406. The van der Waals surface area contributed by atoms with E-state index in [1.54, 1.807) is 0 Å². The highest BCUT2D eigenvalue weighted by Gasteiger charge is 2.54. The van der Waals surface area contributed by atoms with Crippen LogP contribution in [0.2, 0.25) is 0 Å². The summed E-state index contributed by atoms with van der Waals surface area (Å²) >= 11 is 7.25. The van der Waals surface area contributed by atoms with Gasteiger partial charge < -0.3 is 10.4 Å². The molecule has 13 heteroatoms. The van der Waals surface area contributed by atoms with Gasteiger partial charge in [-0.05, 0) is 41.1 Å². The molecule has 0 aromatic carbocycles. The first-order valence-corrected chi connectivity index (χ1v) is 14.2. The fraction of sp³-hybridized carbons (Fsp3) is 0.389. The topological polar surface area (TPSA) is 112 Å². The number of nitrogens with zero attached hydrogens (tertiary/aromatic N) is 3. The van der Waals surface area contributed by atoms with E-state index in [2.05, 4.69) is 15.5 Å². The summed E-state index contributed by atoms with van der Waals surface area (Å²) < 4.78 is 0.762. The van der Waals surface area contributed by atoms with Gasteiger partial charge in [-0.25, -0.2) is 4.79 Å². The molecular formula is C18H18N4O4S5. The third-order valence-corrected chi connectivity index (χ3v) is 9.80. The van der Waals surface area contributed by atoms with Crippen LogP contribution in [0.1, 0.15) is 15.8 Å². The molecule has 3 atom stereocenters. The predicted octanol–water partition coefficient (Wildman–Crippen LogP) is 2.84. The molecule has 0 radical (unpaired) electrons. The van der Waals surface area contributed by atoms with Crippen LogP contribution in [0.5, 0.6) is 0 Å². The van der Waals surface area contributed by atoms with Gasteiger partial charge in [-0.1, -0.05) is 23.1 Å². The Kier molecular flexibility index (Phi) is 6.96. The molecule has 2 amide bonds. The van der Waals surface area contributed by atoms with Crippen LogP contribution in [-0.4, -0.2) is 67.2 Å². The number of rotatable bonds is 8. The molecule has 2 aromatic rings. The number of carbonyl (C=O) groups is 3. The summed E-state index contributed by atoms with van der Waals surface area (Å²) in [5, 5.41) is 24.5. The largest absolute Gasteiger partial charge is 0.477 e. The van der Waals surface area contributed by atoms with Crippen LogP contribution in [0, 0.1) is 6.92 Å². The fourth-order valence-corrected chi connectivity index (χ4v) is 8.10. The molecule has 2 aliphatic heterocycles. The van der Waals surface area contributed by atoms with Gasteiger partial charge >= 0.3 is 5.97 Å². The molecule has 1 saturated heterocycles. The third-order valence-electron chi connectivity index (χ3n) is 4.74. The average Bonchev–Trinajstić information content (AvgIpc) is 3.42. The summed E-state index contributed by atoms with van der Waals surface area (Å²) in [5.41, 5.74) is 1.59. The van der Waals surface area contributed by atoms with E-state index < -0.39 is 22.6 Å². The maximum absolute atomic E-state index is 12.8. The number of hydrogen-bond acceptors (Lipinski definition) is 10. The molecule has 8 nitrogen and oxygen atoms in total. The van der Waals surface area contributed by atoms with Gasteiger partial charge in [0.25, 0.3) is 5.91 Å². The Balaban J connectivity index is 1.46. The van der Waals surface area contributed by atoms with Crippen LogP contribution in [0.3, 0.4) is 0 Å². The summed E-state index contributed by atoms with van der Waals surface area (Å²) in [6.45, 7) is 1.86. The minimum absolute atomic E-state index is 0.0206. The Hall–Kier alpha value is -1.54. The number of aromatic nitrogens is 2. The molecule has 4 rings (SSSR count). The van der Waals surface area contributed by atoms with Gasteiger partial charge in [0.15, 0.2) is 4.34 Å². The third kappa shape index (κ3) is 4.51. The molecule has 31 heavy (non-hydrogen) atoms. The van der Waals surface area contributed by atoms with Crippen molar-refractivity contribution in [2.75, 3.05) is 17.8 Å². The van der Waals surface area contributed by atoms with Gasteiger partial charge in [0, 0.05) is 11.5 Å². The Morgan fingerprint density at radius 2 is 2.23 bits per heavy atom. The van der Waals surface area contributed by atoms with Crippen molar-refractivity contribution in [3.8, 4) is 0 Å². The number of thioether (sulfide) groups is 3.